The van der Waals surface area contributed by atoms with E-state index in [0.29, 0.717) is 18.9 Å². The zero-order valence-corrected chi connectivity index (χ0v) is 11.2. The molecule has 0 amide bonds. The van der Waals surface area contributed by atoms with Crippen molar-refractivity contribution in [1.29, 1.82) is 0 Å². The first kappa shape index (κ1) is 14.1. The molecular formula is C12H20N2O2S. The second-order valence-corrected chi connectivity index (χ2v) is 5.46. The Balaban J connectivity index is 2.16. The van der Waals surface area contributed by atoms with Crippen molar-refractivity contribution in [3.05, 3.63) is 16.6 Å². The van der Waals surface area contributed by atoms with Gasteiger partial charge in [0.05, 0.1) is 10.4 Å². The van der Waals surface area contributed by atoms with Gasteiger partial charge in [0.25, 0.3) is 0 Å². The average molecular weight is 256 g/mol. The summed E-state index contributed by atoms with van der Waals surface area (Å²) in [5, 5.41) is 0. The Morgan fingerprint density at radius 2 is 2.29 bits per heavy atom. The molecule has 0 spiro atoms. The molecule has 1 aromatic rings. The predicted octanol–water partition coefficient (Wildman–Crippen LogP) is 2.34. The minimum atomic E-state index is -0.143. The Hall–Kier alpha value is -0.940. The van der Waals surface area contributed by atoms with Crippen LogP contribution in [0.1, 0.15) is 38.0 Å². The molecule has 0 aromatic carbocycles. The lowest BCUT2D eigenvalue weighted by Crippen LogP contribution is -2.17. The monoisotopic (exact) mass is 256 g/mol. The topological polar surface area (TPSA) is 65.2 Å². The molecule has 0 saturated heterocycles. The standard InChI is InChI=1S/C12H20N2O2S/c1-9(3-4-10(2)13)5-12(15)16-7-11-6-14-8-17-11/h6,8-10H,3-5,7,13H2,1-2H3/t9-,10-/m0/s1. The van der Waals surface area contributed by atoms with E-state index in [2.05, 4.69) is 11.9 Å². The molecule has 0 radical (unpaired) electrons. The van der Waals surface area contributed by atoms with Crippen LogP contribution in [0.25, 0.3) is 0 Å². The third kappa shape index (κ3) is 6.38. The number of esters is 1. The summed E-state index contributed by atoms with van der Waals surface area (Å²) in [4.78, 5) is 16.4. The van der Waals surface area contributed by atoms with E-state index in [1.54, 1.807) is 11.7 Å². The fraction of sp³-hybridized carbons (Fsp3) is 0.667. The summed E-state index contributed by atoms with van der Waals surface area (Å²) in [5.41, 5.74) is 7.40. The molecular weight excluding hydrogens is 236 g/mol. The molecule has 96 valence electrons. The SMILES string of the molecule is C[C@@H](CC[C@H](C)N)CC(=O)OCc1cncs1. The van der Waals surface area contributed by atoms with E-state index in [1.165, 1.54) is 11.3 Å². The molecule has 0 unspecified atom stereocenters. The normalized spacial score (nSPS) is 14.3. The van der Waals surface area contributed by atoms with Crippen LogP contribution in [-0.4, -0.2) is 17.0 Å². The van der Waals surface area contributed by atoms with Crippen LogP contribution in [0.15, 0.2) is 11.7 Å². The number of thiazole rings is 1. The number of rotatable bonds is 7. The van der Waals surface area contributed by atoms with Crippen LogP contribution < -0.4 is 5.73 Å². The summed E-state index contributed by atoms with van der Waals surface area (Å²) in [6, 6.07) is 0.200. The van der Waals surface area contributed by atoms with E-state index in [-0.39, 0.29) is 12.0 Å². The minimum absolute atomic E-state index is 0.143. The van der Waals surface area contributed by atoms with Gasteiger partial charge in [-0.05, 0) is 25.7 Å². The molecule has 4 nitrogen and oxygen atoms in total. The molecule has 0 bridgehead atoms. The van der Waals surface area contributed by atoms with E-state index in [4.69, 9.17) is 10.5 Å². The van der Waals surface area contributed by atoms with E-state index in [0.717, 1.165) is 17.7 Å². The Kier molecular flexibility index (Phi) is 6.15. The zero-order chi connectivity index (χ0) is 12.7. The average Bonchev–Trinajstić information content (AvgIpc) is 2.76. The highest BCUT2D eigenvalue weighted by atomic mass is 32.1. The number of hydrogen-bond acceptors (Lipinski definition) is 5. The Bertz CT molecular complexity index is 325. The first-order valence-electron chi connectivity index (χ1n) is 5.86. The quantitative estimate of drug-likeness (QED) is 0.760. The van der Waals surface area contributed by atoms with Gasteiger partial charge in [0.2, 0.25) is 0 Å². The van der Waals surface area contributed by atoms with Gasteiger partial charge in [0, 0.05) is 18.7 Å². The number of nitrogens with zero attached hydrogens (tertiary/aromatic N) is 1. The van der Waals surface area contributed by atoms with E-state index < -0.39 is 0 Å². The van der Waals surface area contributed by atoms with Crippen LogP contribution in [0.2, 0.25) is 0 Å². The lowest BCUT2D eigenvalue weighted by molar-refractivity contribution is -0.145. The fourth-order valence-electron chi connectivity index (χ4n) is 1.46. The van der Waals surface area contributed by atoms with Crippen molar-refractivity contribution in [3.8, 4) is 0 Å². The van der Waals surface area contributed by atoms with E-state index in [9.17, 15) is 4.79 Å². The molecule has 0 fully saturated rings. The summed E-state index contributed by atoms with van der Waals surface area (Å²) in [6.07, 6.45) is 4.10. The number of carbonyl (C=O) groups excluding carboxylic acids is 1. The molecule has 2 atom stereocenters. The van der Waals surface area contributed by atoms with Crippen molar-refractivity contribution in [2.75, 3.05) is 0 Å². The Labute approximate surface area is 106 Å². The fourth-order valence-corrected chi connectivity index (χ4v) is 1.96. The Morgan fingerprint density at radius 3 is 2.88 bits per heavy atom. The first-order chi connectivity index (χ1) is 8.08. The van der Waals surface area contributed by atoms with Crippen molar-refractivity contribution >= 4 is 17.3 Å². The van der Waals surface area contributed by atoms with Crippen LogP contribution in [0.3, 0.4) is 0 Å². The maximum atomic E-state index is 11.5. The van der Waals surface area contributed by atoms with Crippen molar-refractivity contribution < 1.29 is 9.53 Å². The summed E-state index contributed by atoms with van der Waals surface area (Å²) < 4.78 is 5.16. The second-order valence-electron chi connectivity index (χ2n) is 4.49. The van der Waals surface area contributed by atoms with E-state index in [1.807, 2.05) is 6.92 Å². The van der Waals surface area contributed by atoms with Crippen molar-refractivity contribution in [2.45, 2.75) is 45.8 Å². The van der Waals surface area contributed by atoms with Gasteiger partial charge in [-0.25, -0.2) is 0 Å². The van der Waals surface area contributed by atoms with Gasteiger partial charge in [-0.15, -0.1) is 11.3 Å². The predicted molar refractivity (Wildman–Crippen MR) is 68.6 cm³/mol. The molecule has 2 N–H and O–H groups in total. The number of hydrogen-bond donors (Lipinski definition) is 1. The molecule has 0 saturated carbocycles. The number of nitrogens with two attached hydrogens (primary N) is 1. The largest absolute Gasteiger partial charge is 0.460 e. The second kappa shape index (κ2) is 7.40. The zero-order valence-electron chi connectivity index (χ0n) is 10.4. The molecule has 0 aliphatic carbocycles. The number of ether oxygens (including phenoxy) is 1. The third-order valence-corrected chi connectivity index (χ3v) is 3.24. The lowest BCUT2D eigenvalue weighted by Gasteiger charge is -2.12. The molecule has 0 aliphatic heterocycles. The van der Waals surface area contributed by atoms with Gasteiger partial charge in [0.1, 0.15) is 6.61 Å². The smallest absolute Gasteiger partial charge is 0.306 e. The molecule has 1 rings (SSSR count). The van der Waals surface area contributed by atoms with Crippen molar-refractivity contribution in [3.63, 3.8) is 0 Å². The lowest BCUT2D eigenvalue weighted by atomic mass is 9.99. The number of aromatic nitrogens is 1. The van der Waals surface area contributed by atoms with Crippen molar-refractivity contribution in [1.82, 2.24) is 4.98 Å². The van der Waals surface area contributed by atoms with Gasteiger partial charge in [-0.3, -0.25) is 9.78 Å². The van der Waals surface area contributed by atoms with Gasteiger partial charge in [-0.1, -0.05) is 6.92 Å². The minimum Gasteiger partial charge on any atom is -0.460 e. The highest BCUT2D eigenvalue weighted by Gasteiger charge is 2.11. The summed E-state index contributed by atoms with van der Waals surface area (Å²) >= 11 is 1.49. The van der Waals surface area contributed by atoms with E-state index >= 15 is 0 Å². The molecule has 5 heteroatoms. The summed E-state index contributed by atoms with van der Waals surface area (Å²) in [6.45, 7) is 4.37. The maximum Gasteiger partial charge on any atom is 0.306 e. The highest BCUT2D eigenvalue weighted by Crippen LogP contribution is 2.13. The van der Waals surface area contributed by atoms with Crippen LogP contribution in [-0.2, 0) is 16.1 Å². The van der Waals surface area contributed by atoms with Crippen LogP contribution in [0.4, 0.5) is 0 Å². The maximum absolute atomic E-state index is 11.5. The Morgan fingerprint density at radius 1 is 1.53 bits per heavy atom. The van der Waals surface area contributed by atoms with Crippen LogP contribution in [0.5, 0.6) is 0 Å². The van der Waals surface area contributed by atoms with Gasteiger partial charge in [0.15, 0.2) is 0 Å². The molecule has 17 heavy (non-hydrogen) atoms. The number of carbonyl (C=O) groups is 1. The van der Waals surface area contributed by atoms with Crippen LogP contribution in [0, 0.1) is 5.92 Å². The summed E-state index contributed by atoms with van der Waals surface area (Å²) in [5.74, 6) is 0.186. The van der Waals surface area contributed by atoms with Gasteiger partial charge in [-0.2, -0.15) is 0 Å². The highest BCUT2D eigenvalue weighted by molar-refractivity contribution is 7.09. The van der Waals surface area contributed by atoms with Gasteiger partial charge >= 0.3 is 5.97 Å². The molecule has 1 heterocycles. The molecule has 1 aromatic heterocycles. The first-order valence-corrected chi connectivity index (χ1v) is 6.74. The van der Waals surface area contributed by atoms with Crippen molar-refractivity contribution in [2.24, 2.45) is 11.7 Å². The van der Waals surface area contributed by atoms with Gasteiger partial charge < -0.3 is 10.5 Å². The molecule has 0 aliphatic rings. The third-order valence-electron chi connectivity index (χ3n) is 2.49. The van der Waals surface area contributed by atoms with Crippen LogP contribution >= 0.6 is 11.3 Å². The summed E-state index contributed by atoms with van der Waals surface area (Å²) in [7, 11) is 0.